The summed E-state index contributed by atoms with van der Waals surface area (Å²) in [6, 6.07) is 5.96. The Labute approximate surface area is 162 Å². The maximum absolute atomic E-state index is 10.4. The molecule has 3 aliphatic rings. The number of aliphatic hydroxyl groups excluding tert-OH is 1. The predicted octanol–water partition coefficient (Wildman–Crippen LogP) is 6.69. The molecule has 1 unspecified atom stereocenters. The van der Waals surface area contributed by atoms with Gasteiger partial charge in [-0.3, -0.25) is 0 Å². The van der Waals surface area contributed by atoms with Crippen LogP contribution in [0.25, 0.3) is 0 Å². The molecule has 4 rings (SSSR count). The standard InChI is InChI=1S/C18H24O2.3C2H6/c1-18-9-8-14-13-5-3-12(19)10-11(13)2-4-15(14)16(18)6-7-17(18)20;3*1-2/h3,5,10,14-17,19-20H,2,4,6-9H2,1H3;3*1-2H3/t14-,15-,16+,17?,18+;;;/m1.../s1. The molecule has 3 aliphatic carbocycles. The topological polar surface area (TPSA) is 40.5 Å². The van der Waals surface area contributed by atoms with Crippen LogP contribution in [0.4, 0.5) is 0 Å². The van der Waals surface area contributed by atoms with Crippen LogP contribution >= 0.6 is 0 Å². The number of hydrogen-bond acceptors (Lipinski definition) is 2. The van der Waals surface area contributed by atoms with E-state index in [4.69, 9.17) is 0 Å². The van der Waals surface area contributed by atoms with Crippen LogP contribution in [0.1, 0.15) is 97.6 Å². The fourth-order valence-corrected chi connectivity index (χ4v) is 5.54. The van der Waals surface area contributed by atoms with Gasteiger partial charge in [0.05, 0.1) is 6.10 Å². The first kappa shape index (κ1) is 23.0. The monoisotopic (exact) mass is 362 g/mol. The summed E-state index contributed by atoms with van der Waals surface area (Å²) < 4.78 is 0. The highest BCUT2D eigenvalue weighted by molar-refractivity contribution is 5.40. The van der Waals surface area contributed by atoms with E-state index >= 15 is 0 Å². The quantitative estimate of drug-likeness (QED) is 0.540. The molecular weight excluding hydrogens is 320 g/mol. The van der Waals surface area contributed by atoms with Crippen molar-refractivity contribution in [2.24, 2.45) is 17.3 Å². The van der Waals surface area contributed by atoms with Gasteiger partial charge < -0.3 is 10.2 Å². The Morgan fingerprint density at radius 3 is 2.23 bits per heavy atom. The highest BCUT2D eigenvalue weighted by atomic mass is 16.3. The Kier molecular flexibility index (Phi) is 9.16. The van der Waals surface area contributed by atoms with Crippen LogP contribution in [0.5, 0.6) is 5.75 Å². The lowest BCUT2D eigenvalue weighted by Crippen LogP contribution is -2.43. The van der Waals surface area contributed by atoms with Crippen LogP contribution in [-0.2, 0) is 6.42 Å². The molecule has 0 spiro atoms. The Bertz CT molecular complexity index is 539. The average molecular weight is 363 g/mol. The SMILES string of the molecule is CC.CC.CC.C[C@]12CC[C@@H]3c4ccc(O)cc4CC[C@H]3[C@@H]1CCC2O. The van der Waals surface area contributed by atoms with Gasteiger partial charge in [-0.2, -0.15) is 0 Å². The number of rotatable bonds is 0. The molecule has 0 radical (unpaired) electrons. The molecule has 2 nitrogen and oxygen atoms in total. The summed E-state index contributed by atoms with van der Waals surface area (Å²) in [5.74, 6) is 2.49. The number of phenolic OH excluding ortho intramolecular Hbond substituents is 1. The molecule has 26 heavy (non-hydrogen) atoms. The molecule has 0 saturated heterocycles. The second-order valence-electron chi connectivity index (χ2n) is 7.44. The van der Waals surface area contributed by atoms with Gasteiger partial charge in [0.15, 0.2) is 0 Å². The Morgan fingerprint density at radius 2 is 1.58 bits per heavy atom. The molecule has 5 atom stereocenters. The molecule has 2 fully saturated rings. The smallest absolute Gasteiger partial charge is 0.115 e. The molecule has 0 bridgehead atoms. The lowest BCUT2D eigenvalue weighted by Gasteiger charge is -2.50. The van der Waals surface area contributed by atoms with Crippen molar-refractivity contribution in [1.82, 2.24) is 0 Å². The van der Waals surface area contributed by atoms with Crippen molar-refractivity contribution in [1.29, 1.82) is 0 Å². The zero-order valence-corrected chi connectivity index (χ0v) is 18.2. The summed E-state index contributed by atoms with van der Waals surface area (Å²) in [4.78, 5) is 0. The third-order valence-electron chi connectivity index (χ3n) is 6.66. The van der Waals surface area contributed by atoms with Crippen molar-refractivity contribution >= 4 is 0 Å². The van der Waals surface area contributed by atoms with Crippen molar-refractivity contribution in [2.45, 2.75) is 99.0 Å². The summed E-state index contributed by atoms with van der Waals surface area (Å²) in [5.41, 5.74) is 2.99. The van der Waals surface area contributed by atoms with E-state index in [9.17, 15) is 10.2 Å². The van der Waals surface area contributed by atoms with E-state index in [1.165, 1.54) is 30.4 Å². The third-order valence-corrected chi connectivity index (χ3v) is 6.66. The van der Waals surface area contributed by atoms with Gasteiger partial charge in [-0.15, -0.1) is 0 Å². The number of fused-ring (bicyclic) bond motifs is 5. The number of hydrogen-bond donors (Lipinski definition) is 2. The number of benzene rings is 1. The van der Waals surface area contributed by atoms with Crippen molar-refractivity contribution in [2.75, 3.05) is 0 Å². The lowest BCUT2D eigenvalue weighted by atomic mass is 9.55. The summed E-state index contributed by atoms with van der Waals surface area (Å²) >= 11 is 0. The summed E-state index contributed by atoms with van der Waals surface area (Å²) in [6.45, 7) is 14.3. The van der Waals surface area contributed by atoms with Crippen LogP contribution in [0, 0.1) is 17.3 Å². The summed E-state index contributed by atoms with van der Waals surface area (Å²) in [6.07, 6.45) is 6.78. The molecular formula is C24H42O2. The fourth-order valence-electron chi connectivity index (χ4n) is 5.54. The van der Waals surface area contributed by atoms with E-state index in [1.54, 1.807) is 0 Å². The first-order valence-corrected chi connectivity index (χ1v) is 11.1. The van der Waals surface area contributed by atoms with Gasteiger partial charge in [-0.25, -0.2) is 0 Å². The fraction of sp³-hybridized carbons (Fsp3) is 0.750. The van der Waals surface area contributed by atoms with Gasteiger partial charge in [0, 0.05) is 0 Å². The van der Waals surface area contributed by atoms with Gasteiger partial charge in [-0.05, 0) is 85.0 Å². The Morgan fingerprint density at radius 1 is 0.923 bits per heavy atom. The molecule has 2 N–H and O–H groups in total. The minimum atomic E-state index is -0.0883. The number of aromatic hydroxyl groups is 1. The molecule has 0 aromatic heterocycles. The first-order chi connectivity index (χ1) is 12.6. The highest BCUT2D eigenvalue weighted by Gasteiger charge is 2.54. The Hall–Kier alpha value is -1.02. The lowest BCUT2D eigenvalue weighted by molar-refractivity contribution is -0.0226. The zero-order chi connectivity index (χ0) is 19.9. The minimum Gasteiger partial charge on any atom is -0.508 e. The molecule has 150 valence electrons. The molecule has 2 saturated carbocycles. The van der Waals surface area contributed by atoms with Crippen molar-refractivity contribution in [3.8, 4) is 5.75 Å². The number of phenols is 1. The summed E-state index contributed by atoms with van der Waals surface area (Å²) in [5, 5.41) is 20.0. The predicted molar refractivity (Wildman–Crippen MR) is 113 cm³/mol. The van der Waals surface area contributed by atoms with Gasteiger partial charge >= 0.3 is 0 Å². The third kappa shape index (κ3) is 4.11. The molecule has 0 heterocycles. The van der Waals surface area contributed by atoms with Crippen molar-refractivity contribution in [3.63, 3.8) is 0 Å². The maximum atomic E-state index is 10.4. The zero-order valence-electron chi connectivity index (χ0n) is 18.2. The van der Waals surface area contributed by atoms with E-state index < -0.39 is 0 Å². The van der Waals surface area contributed by atoms with E-state index in [1.807, 2.05) is 53.7 Å². The van der Waals surface area contributed by atoms with Crippen LogP contribution in [-0.4, -0.2) is 16.3 Å². The average Bonchev–Trinajstić information content (AvgIpc) is 3.01. The number of aryl methyl sites for hydroxylation is 1. The van der Waals surface area contributed by atoms with Crippen LogP contribution in [0.2, 0.25) is 0 Å². The molecule has 2 heteroatoms. The number of aliphatic hydroxyl groups is 1. The molecule has 0 aliphatic heterocycles. The van der Waals surface area contributed by atoms with E-state index in [-0.39, 0.29) is 11.5 Å². The second kappa shape index (κ2) is 10.3. The normalized spacial score (nSPS) is 33.5. The van der Waals surface area contributed by atoms with Crippen LogP contribution in [0.15, 0.2) is 18.2 Å². The van der Waals surface area contributed by atoms with Gasteiger partial charge in [0.1, 0.15) is 5.75 Å². The van der Waals surface area contributed by atoms with Gasteiger partial charge in [0.2, 0.25) is 0 Å². The highest BCUT2D eigenvalue weighted by Crippen LogP contribution is 2.60. The molecule has 1 aromatic rings. The van der Waals surface area contributed by atoms with Gasteiger partial charge in [0.25, 0.3) is 0 Å². The maximum Gasteiger partial charge on any atom is 0.115 e. The van der Waals surface area contributed by atoms with Gasteiger partial charge in [-0.1, -0.05) is 54.5 Å². The molecule has 1 aromatic carbocycles. The van der Waals surface area contributed by atoms with Crippen LogP contribution < -0.4 is 0 Å². The van der Waals surface area contributed by atoms with E-state index in [0.29, 0.717) is 17.6 Å². The second-order valence-corrected chi connectivity index (χ2v) is 7.44. The Balaban J connectivity index is 0.000000515. The van der Waals surface area contributed by atoms with Crippen molar-refractivity contribution in [3.05, 3.63) is 29.3 Å². The summed E-state index contributed by atoms with van der Waals surface area (Å²) in [7, 11) is 0. The molecule has 0 amide bonds. The first-order valence-electron chi connectivity index (χ1n) is 11.1. The van der Waals surface area contributed by atoms with E-state index in [2.05, 4.69) is 13.0 Å². The minimum absolute atomic E-state index is 0.0883. The van der Waals surface area contributed by atoms with E-state index in [0.717, 1.165) is 25.2 Å². The van der Waals surface area contributed by atoms with Crippen molar-refractivity contribution < 1.29 is 10.2 Å². The largest absolute Gasteiger partial charge is 0.508 e. The van der Waals surface area contributed by atoms with Crippen LogP contribution in [0.3, 0.4) is 0 Å².